The van der Waals surface area contributed by atoms with Crippen molar-refractivity contribution in [2.24, 2.45) is 5.41 Å². The summed E-state index contributed by atoms with van der Waals surface area (Å²) in [6.45, 7) is 5.89. The average Bonchev–Trinajstić information content (AvgIpc) is 2.90. The number of benzene rings is 1. The van der Waals surface area contributed by atoms with Crippen LogP contribution in [0.25, 0.3) is 0 Å². The summed E-state index contributed by atoms with van der Waals surface area (Å²) in [5.74, 6) is 0.750. The van der Waals surface area contributed by atoms with Crippen LogP contribution in [0, 0.1) is 5.41 Å². The number of aromatic nitrogens is 1. The summed E-state index contributed by atoms with van der Waals surface area (Å²) >= 11 is 0. The molecule has 1 unspecified atom stereocenters. The lowest BCUT2D eigenvalue weighted by molar-refractivity contribution is -0.0296. The minimum atomic E-state index is -1.22. The standard InChI is InChI=1S/C15H19NO3/c1-14(2,3)15(17,13-9-19-10-16-13)11-5-7-12(18-4)8-6-11/h5-10,17H,1-4H3. The van der Waals surface area contributed by atoms with Crippen LogP contribution < -0.4 is 4.74 Å². The van der Waals surface area contributed by atoms with Gasteiger partial charge in [0, 0.05) is 5.41 Å². The summed E-state index contributed by atoms with van der Waals surface area (Å²) in [5, 5.41) is 11.2. The van der Waals surface area contributed by atoms with Gasteiger partial charge in [0.2, 0.25) is 0 Å². The van der Waals surface area contributed by atoms with Gasteiger partial charge in [0.15, 0.2) is 6.39 Å². The summed E-state index contributed by atoms with van der Waals surface area (Å²) in [6.07, 6.45) is 2.81. The first-order valence-corrected chi connectivity index (χ1v) is 6.15. The minimum absolute atomic E-state index is 0.432. The molecular weight excluding hydrogens is 242 g/mol. The summed E-state index contributed by atoms with van der Waals surface area (Å²) in [5.41, 5.74) is -0.384. The Morgan fingerprint density at radius 2 is 1.79 bits per heavy atom. The van der Waals surface area contributed by atoms with Crippen molar-refractivity contribution in [2.75, 3.05) is 7.11 Å². The highest BCUT2D eigenvalue weighted by Gasteiger charge is 2.45. The van der Waals surface area contributed by atoms with Gasteiger partial charge in [0.1, 0.15) is 23.3 Å². The molecule has 0 radical (unpaired) electrons. The molecule has 4 nitrogen and oxygen atoms in total. The molecule has 2 aromatic rings. The number of oxazole rings is 1. The van der Waals surface area contributed by atoms with Crippen molar-refractivity contribution in [1.82, 2.24) is 4.98 Å². The Labute approximate surface area is 113 Å². The Morgan fingerprint density at radius 3 is 2.21 bits per heavy atom. The molecule has 0 saturated carbocycles. The number of ether oxygens (including phenoxy) is 1. The summed E-state index contributed by atoms with van der Waals surface area (Å²) < 4.78 is 10.2. The van der Waals surface area contributed by atoms with Crippen molar-refractivity contribution in [3.05, 3.63) is 48.2 Å². The van der Waals surface area contributed by atoms with Gasteiger partial charge in [-0.25, -0.2) is 4.98 Å². The molecule has 2 rings (SSSR count). The first kappa shape index (κ1) is 13.6. The Kier molecular flexibility index (Phi) is 3.37. The normalized spacial score (nSPS) is 15.0. The summed E-state index contributed by atoms with van der Waals surface area (Å²) in [4.78, 5) is 4.13. The van der Waals surface area contributed by atoms with Crippen LogP contribution in [-0.2, 0) is 5.60 Å². The Bertz CT molecular complexity index is 526. The monoisotopic (exact) mass is 261 g/mol. The van der Waals surface area contributed by atoms with Crippen molar-refractivity contribution in [1.29, 1.82) is 0 Å². The molecule has 0 aliphatic heterocycles. The molecule has 4 heteroatoms. The molecule has 1 aromatic heterocycles. The van der Waals surface area contributed by atoms with Crippen LogP contribution in [0.1, 0.15) is 32.0 Å². The minimum Gasteiger partial charge on any atom is -0.497 e. The van der Waals surface area contributed by atoms with Crippen LogP contribution in [0.4, 0.5) is 0 Å². The van der Waals surface area contributed by atoms with Crippen LogP contribution >= 0.6 is 0 Å². The van der Waals surface area contributed by atoms with Gasteiger partial charge in [-0.1, -0.05) is 32.9 Å². The van der Waals surface area contributed by atoms with E-state index in [1.165, 1.54) is 12.7 Å². The number of rotatable bonds is 3. The number of aliphatic hydroxyl groups is 1. The van der Waals surface area contributed by atoms with Crippen LogP contribution in [0.3, 0.4) is 0 Å². The van der Waals surface area contributed by atoms with Crippen molar-refractivity contribution < 1.29 is 14.3 Å². The molecule has 0 spiro atoms. The zero-order chi connectivity index (χ0) is 14.1. The predicted octanol–water partition coefficient (Wildman–Crippen LogP) is 2.97. The van der Waals surface area contributed by atoms with Crippen molar-refractivity contribution in [3.63, 3.8) is 0 Å². The average molecular weight is 261 g/mol. The Balaban J connectivity index is 2.55. The van der Waals surface area contributed by atoms with Gasteiger partial charge in [0.25, 0.3) is 0 Å². The number of hydrogen-bond acceptors (Lipinski definition) is 4. The molecule has 1 aromatic carbocycles. The lowest BCUT2D eigenvalue weighted by atomic mass is 9.70. The van der Waals surface area contributed by atoms with Crippen LogP contribution in [-0.4, -0.2) is 17.2 Å². The zero-order valence-corrected chi connectivity index (χ0v) is 11.7. The maximum absolute atomic E-state index is 11.2. The van der Waals surface area contributed by atoms with E-state index in [0.717, 1.165) is 11.3 Å². The SMILES string of the molecule is COc1ccc(C(O)(c2cocn2)C(C)(C)C)cc1. The van der Waals surface area contributed by atoms with Gasteiger partial charge in [-0.2, -0.15) is 0 Å². The second-order valence-corrected chi connectivity index (χ2v) is 5.56. The van der Waals surface area contributed by atoms with E-state index >= 15 is 0 Å². The molecule has 0 aliphatic rings. The molecule has 19 heavy (non-hydrogen) atoms. The van der Waals surface area contributed by atoms with Crippen molar-refractivity contribution >= 4 is 0 Å². The van der Waals surface area contributed by atoms with E-state index < -0.39 is 11.0 Å². The van der Waals surface area contributed by atoms with Gasteiger partial charge in [-0.05, 0) is 17.7 Å². The fourth-order valence-corrected chi connectivity index (χ4v) is 2.19. The first-order chi connectivity index (χ1) is 8.89. The second-order valence-electron chi connectivity index (χ2n) is 5.56. The third-order valence-electron chi connectivity index (χ3n) is 3.40. The van der Waals surface area contributed by atoms with Crippen LogP contribution in [0.15, 0.2) is 41.3 Å². The third-order valence-corrected chi connectivity index (χ3v) is 3.40. The highest BCUT2D eigenvalue weighted by atomic mass is 16.5. The maximum atomic E-state index is 11.2. The van der Waals surface area contributed by atoms with E-state index in [0.29, 0.717) is 5.69 Å². The van der Waals surface area contributed by atoms with Crippen molar-refractivity contribution in [3.8, 4) is 5.75 Å². The summed E-state index contributed by atoms with van der Waals surface area (Å²) in [7, 11) is 1.61. The molecule has 0 saturated heterocycles. The van der Waals surface area contributed by atoms with Crippen molar-refractivity contribution in [2.45, 2.75) is 26.4 Å². The number of nitrogens with zero attached hydrogens (tertiary/aromatic N) is 1. The van der Waals surface area contributed by atoms with E-state index in [4.69, 9.17) is 9.15 Å². The molecule has 0 bridgehead atoms. The fraction of sp³-hybridized carbons (Fsp3) is 0.400. The van der Waals surface area contributed by atoms with Gasteiger partial charge in [-0.15, -0.1) is 0 Å². The van der Waals surface area contributed by atoms with E-state index in [9.17, 15) is 5.11 Å². The molecule has 0 amide bonds. The van der Waals surface area contributed by atoms with E-state index in [2.05, 4.69) is 4.98 Å². The molecular formula is C15H19NO3. The quantitative estimate of drug-likeness (QED) is 0.922. The van der Waals surface area contributed by atoms with Gasteiger partial charge in [-0.3, -0.25) is 0 Å². The van der Waals surface area contributed by atoms with E-state index in [1.54, 1.807) is 7.11 Å². The molecule has 1 atom stereocenters. The smallest absolute Gasteiger partial charge is 0.180 e. The highest BCUT2D eigenvalue weighted by molar-refractivity contribution is 5.37. The molecule has 0 fully saturated rings. The summed E-state index contributed by atoms with van der Waals surface area (Å²) in [6, 6.07) is 7.34. The lowest BCUT2D eigenvalue weighted by Gasteiger charge is -2.39. The molecule has 1 N–H and O–H groups in total. The topological polar surface area (TPSA) is 55.5 Å². The Morgan fingerprint density at radius 1 is 1.16 bits per heavy atom. The number of methoxy groups -OCH3 is 1. The number of hydrogen-bond donors (Lipinski definition) is 1. The van der Waals surface area contributed by atoms with Gasteiger partial charge < -0.3 is 14.3 Å². The van der Waals surface area contributed by atoms with Crippen LogP contribution in [0.2, 0.25) is 0 Å². The Hall–Kier alpha value is -1.81. The third kappa shape index (κ3) is 2.24. The first-order valence-electron chi connectivity index (χ1n) is 6.15. The van der Waals surface area contributed by atoms with E-state index in [-0.39, 0.29) is 0 Å². The maximum Gasteiger partial charge on any atom is 0.180 e. The predicted molar refractivity (Wildman–Crippen MR) is 72.0 cm³/mol. The molecule has 1 heterocycles. The zero-order valence-electron chi connectivity index (χ0n) is 11.7. The largest absolute Gasteiger partial charge is 0.497 e. The second kappa shape index (κ2) is 4.70. The molecule has 0 aliphatic carbocycles. The highest BCUT2D eigenvalue weighted by Crippen LogP contribution is 2.44. The fourth-order valence-electron chi connectivity index (χ4n) is 2.19. The molecule has 102 valence electrons. The van der Waals surface area contributed by atoms with Crippen LogP contribution in [0.5, 0.6) is 5.75 Å². The van der Waals surface area contributed by atoms with Gasteiger partial charge in [0.05, 0.1) is 7.11 Å². The van der Waals surface area contributed by atoms with Gasteiger partial charge >= 0.3 is 0 Å². The van der Waals surface area contributed by atoms with E-state index in [1.807, 2.05) is 45.0 Å². The lowest BCUT2D eigenvalue weighted by Crippen LogP contribution is -2.41.